The first kappa shape index (κ1) is 14.6. The SMILES string of the molecule is C=CC(=O)NC(C(C)CC(=O)O)S(=O)(=O)O. The summed E-state index contributed by atoms with van der Waals surface area (Å²) in [6.45, 7) is 4.40. The molecule has 16 heavy (non-hydrogen) atoms. The Kier molecular flexibility index (Phi) is 5.12. The Morgan fingerprint density at radius 2 is 2.00 bits per heavy atom. The molecule has 0 radical (unpaired) electrons. The maximum Gasteiger partial charge on any atom is 0.303 e. The topological polar surface area (TPSA) is 121 Å². The number of nitrogens with one attached hydrogen (secondary N) is 1. The Balaban J connectivity index is 4.88. The number of carboxylic acids is 1. The van der Waals surface area contributed by atoms with Gasteiger partial charge in [-0.2, -0.15) is 8.42 Å². The van der Waals surface area contributed by atoms with E-state index in [1.165, 1.54) is 6.92 Å². The predicted octanol–water partition coefficient (Wildman–Crippen LogP) is -0.387. The molecule has 0 bridgehead atoms. The molecule has 92 valence electrons. The zero-order valence-electron chi connectivity index (χ0n) is 8.58. The molecule has 2 atom stereocenters. The molecule has 0 aromatic carbocycles. The lowest BCUT2D eigenvalue weighted by Gasteiger charge is -2.20. The highest BCUT2D eigenvalue weighted by atomic mass is 32.2. The summed E-state index contributed by atoms with van der Waals surface area (Å²) >= 11 is 0. The summed E-state index contributed by atoms with van der Waals surface area (Å²) in [5.74, 6) is -3.00. The van der Waals surface area contributed by atoms with Crippen molar-refractivity contribution in [2.45, 2.75) is 18.7 Å². The molecule has 0 aromatic heterocycles. The largest absolute Gasteiger partial charge is 0.481 e. The van der Waals surface area contributed by atoms with E-state index in [1.807, 2.05) is 5.32 Å². The van der Waals surface area contributed by atoms with E-state index >= 15 is 0 Å². The van der Waals surface area contributed by atoms with Crippen LogP contribution in [0.5, 0.6) is 0 Å². The second kappa shape index (κ2) is 5.61. The molecule has 0 spiro atoms. The summed E-state index contributed by atoms with van der Waals surface area (Å²) < 4.78 is 30.7. The second-order valence-electron chi connectivity index (χ2n) is 3.22. The molecule has 0 fully saturated rings. The molecule has 0 heterocycles. The van der Waals surface area contributed by atoms with Gasteiger partial charge >= 0.3 is 5.97 Å². The van der Waals surface area contributed by atoms with E-state index in [1.54, 1.807) is 0 Å². The first-order valence-corrected chi connectivity index (χ1v) is 5.79. The van der Waals surface area contributed by atoms with Crippen LogP contribution >= 0.6 is 0 Å². The predicted molar refractivity (Wildman–Crippen MR) is 55.1 cm³/mol. The number of carboxylic acid groups (broad SMARTS) is 1. The number of amides is 1. The highest BCUT2D eigenvalue weighted by molar-refractivity contribution is 7.86. The molecular formula is C8H13NO6S. The van der Waals surface area contributed by atoms with E-state index in [0.29, 0.717) is 0 Å². The van der Waals surface area contributed by atoms with Crippen molar-refractivity contribution in [1.82, 2.24) is 5.32 Å². The molecule has 7 nitrogen and oxygen atoms in total. The van der Waals surface area contributed by atoms with Crippen molar-refractivity contribution in [2.24, 2.45) is 5.92 Å². The highest BCUT2D eigenvalue weighted by Gasteiger charge is 2.31. The number of aliphatic carboxylic acids is 1. The van der Waals surface area contributed by atoms with Crippen molar-refractivity contribution in [1.29, 1.82) is 0 Å². The van der Waals surface area contributed by atoms with E-state index in [-0.39, 0.29) is 0 Å². The summed E-state index contributed by atoms with van der Waals surface area (Å²) in [4.78, 5) is 21.3. The zero-order valence-corrected chi connectivity index (χ0v) is 9.40. The Labute approximate surface area is 92.9 Å². The van der Waals surface area contributed by atoms with Crippen LogP contribution in [0, 0.1) is 5.92 Å². The number of rotatable bonds is 6. The van der Waals surface area contributed by atoms with Crippen molar-refractivity contribution in [2.75, 3.05) is 0 Å². The standard InChI is InChI=1S/C8H13NO6S/c1-3-6(10)9-8(16(13,14)15)5(2)4-7(11)12/h3,5,8H,1,4H2,2H3,(H,9,10)(H,11,12)(H,13,14,15). The molecule has 3 N–H and O–H groups in total. The smallest absolute Gasteiger partial charge is 0.303 e. The maximum absolute atomic E-state index is 10.9. The van der Waals surface area contributed by atoms with Gasteiger partial charge in [-0.3, -0.25) is 14.1 Å². The van der Waals surface area contributed by atoms with Crippen molar-refractivity contribution in [3.63, 3.8) is 0 Å². The summed E-state index contributed by atoms with van der Waals surface area (Å²) in [6, 6.07) is 0. The van der Waals surface area contributed by atoms with Crippen LogP contribution in [0.4, 0.5) is 0 Å². The van der Waals surface area contributed by atoms with E-state index in [4.69, 9.17) is 9.66 Å². The minimum Gasteiger partial charge on any atom is -0.481 e. The summed E-state index contributed by atoms with van der Waals surface area (Å²) in [6.07, 6.45) is 0.327. The lowest BCUT2D eigenvalue weighted by molar-refractivity contribution is -0.138. The molecule has 1 amide bonds. The normalized spacial score (nSPS) is 14.9. The van der Waals surface area contributed by atoms with Gasteiger partial charge in [0.15, 0.2) is 5.37 Å². The second-order valence-corrected chi connectivity index (χ2v) is 4.76. The average molecular weight is 251 g/mol. The van der Waals surface area contributed by atoms with Gasteiger partial charge in [-0.05, 0) is 6.08 Å². The molecule has 0 aliphatic heterocycles. The van der Waals surface area contributed by atoms with Crippen LogP contribution < -0.4 is 5.32 Å². The number of carbonyl (C=O) groups is 2. The summed E-state index contributed by atoms with van der Waals surface area (Å²) in [5.41, 5.74) is 0. The summed E-state index contributed by atoms with van der Waals surface area (Å²) in [7, 11) is -4.56. The van der Waals surface area contributed by atoms with E-state index in [9.17, 15) is 18.0 Å². The van der Waals surface area contributed by atoms with Crippen LogP contribution in [0.3, 0.4) is 0 Å². The molecule has 0 aliphatic rings. The number of hydrogen-bond acceptors (Lipinski definition) is 4. The van der Waals surface area contributed by atoms with Gasteiger partial charge in [0.05, 0.1) is 6.42 Å². The molecule has 0 rings (SSSR count). The number of carbonyl (C=O) groups excluding carboxylic acids is 1. The van der Waals surface area contributed by atoms with E-state index in [0.717, 1.165) is 6.08 Å². The van der Waals surface area contributed by atoms with Gasteiger partial charge in [0.25, 0.3) is 10.1 Å². The minimum atomic E-state index is -4.56. The van der Waals surface area contributed by atoms with Gasteiger partial charge < -0.3 is 10.4 Å². The third kappa shape index (κ3) is 4.89. The minimum absolute atomic E-state index is 0.498. The monoisotopic (exact) mass is 251 g/mol. The third-order valence-corrected chi connectivity index (χ3v) is 3.03. The first-order valence-electron chi connectivity index (χ1n) is 4.29. The van der Waals surface area contributed by atoms with Crippen LogP contribution in [0.2, 0.25) is 0 Å². The molecule has 0 saturated carbocycles. The fourth-order valence-corrected chi connectivity index (χ4v) is 2.04. The van der Waals surface area contributed by atoms with Crippen LogP contribution in [-0.4, -0.2) is 35.3 Å². The fourth-order valence-electron chi connectivity index (χ4n) is 1.09. The number of hydrogen-bond donors (Lipinski definition) is 3. The van der Waals surface area contributed by atoms with E-state index in [2.05, 4.69) is 6.58 Å². The van der Waals surface area contributed by atoms with Crippen molar-refractivity contribution in [3.05, 3.63) is 12.7 Å². The Morgan fingerprint density at radius 1 is 1.50 bits per heavy atom. The third-order valence-electron chi connectivity index (χ3n) is 1.80. The molecule has 0 aromatic rings. The molecule has 8 heteroatoms. The van der Waals surface area contributed by atoms with Gasteiger partial charge in [0.1, 0.15) is 0 Å². The Morgan fingerprint density at radius 3 is 2.31 bits per heavy atom. The molecule has 0 aliphatic carbocycles. The van der Waals surface area contributed by atoms with E-state index < -0.39 is 39.7 Å². The molecule has 0 saturated heterocycles. The quantitative estimate of drug-likeness (QED) is 0.437. The van der Waals surface area contributed by atoms with Crippen molar-refractivity contribution < 1.29 is 27.7 Å². The maximum atomic E-state index is 10.9. The first-order chi connectivity index (χ1) is 7.18. The Bertz CT molecular complexity index is 387. The lowest BCUT2D eigenvalue weighted by atomic mass is 10.1. The van der Waals surface area contributed by atoms with Crippen molar-refractivity contribution >= 4 is 22.0 Å². The van der Waals surface area contributed by atoms with Crippen LogP contribution in [0.15, 0.2) is 12.7 Å². The van der Waals surface area contributed by atoms with Crippen LogP contribution in [0.1, 0.15) is 13.3 Å². The zero-order chi connectivity index (χ0) is 12.9. The van der Waals surface area contributed by atoms with Crippen LogP contribution in [-0.2, 0) is 19.7 Å². The fraction of sp³-hybridized carbons (Fsp3) is 0.500. The van der Waals surface area contributed by atoms with Gasteiger partial charge in [-0.1, -0.05) is 13.5 Å². The van der Waals surface area contributed by atoms with Crippen LogP contribution in [0.25, 0.3) is 0 Å². The highest BCUT2D eigenvalue weighted by Crippen LogP contribution is 2.13. The summed E-state index contributed by atoms with van der Waals surface area (Å²) in [5, 5.41) is 8.78. The van der Waals surface area contributed by atoms with Crippen molar-refractivity contribution in [3.8, 4) is 0 Å². The van der Waals surface area contributed by atoms with Gasteiger partial charge in [-0.15, -0.1) is 0 Å². The lowest BCUT2D eigenvalue weighted by Crippen LogP contribution is -2.44. The van der Waals surface area contributed by atoms with Gasteiger partial charge in [-0.25, -0.2) is 0 Å². The average Bonchev–Trinajstić information content (AvgIpc) is 2.10. The molecule has 2 unspecified atom stereocenters. The van der Waals surface area contributed by atoms with Gasteiger partial charge in [0, 0.05) is 5.92 Å². The Hall–Kier alpha value is -1.41. The molecular weight excluding hydrogens is 238 g/mol. The van der Waals surface area contributed by atoms with Gasteiger partial charge in [0.2, 0.25) is 5.91 Å².